The minimum absolute atomic E-state index is 0.00336. The van der Waals surface area contributed by atoms with E-state index in [0.29, 0.717) is 28.5 Å². The van der Waals surface area contributed by atoms with Gasteiger partial charge in [-0.15, -0.1) is 0 Å². The van der Waals surface area contributed by atoms with Crippen molar-refractivity contribution in [3.8, 4) is 11.8 Å². The van der Waals surface area contributed by atoms with Crippen LogP contribution in [-0.4, -0.2) is 207 Å². The lowest BCUT2D eigenvalue weighted by molar-refractivity contribution is -0.139. The van der Waals surface area contributed by atoms with Crippen LogP contribution in [0.2, 0.25) is 0 Å². The number of phenols is 1. The Kier molecular flexibility index (Phi) is 32.7. The Morgan fingerprint density at radius 3 is 1.97 bits per heavy atom. The molecule has 3 heterocycles. The van der Waals surface area contributed by atoms with E-state index in [1.165, 1.54) is 41.3 Å². The number of primary amides is 2. The minimum atomic E-state index is -1.75. The molecule has 37 heteroatoms. The van der Waals surface area contributed by atoms with Gasteiger partial charge >= 0.3 is 5.97 Å². The molecule has 35 nitrogen and oxygen atoms in total. The molecule has 0 radical (unpaired) electrons. The van der Waals surface area contributed by atoms with Crippen molar-refractivity contribution in [1.29, 1.82) is 10.7 Å². The number of phenolic OH excluding ortho intramolecular Hbond substituents is 1. The Labute approximate surface area is 612 Å². The summed E-state index contributed by atoms with van der Waals surface area (Å²) >= 11 is 0. The lowest BCUT2D eigenvalue weighted by Gasteiger charge is -2.29. The summed E-state index contributed by atoms with van der Waals surface area (Å²) in [7, 11) is 1.68. The minimum Gasteiger partial charge on any atom is -0.508 e. The molecule has 2 aliphatic rings. The van der Waals surface area contributed by atoms with Gasteiger partial charge in [0, 0.05) is 99.7 Å². The van der Waals surface area contributed by atoms with Gasteiger partial charge in [0.05, 0.1) is 11.6 Å². The lowest BCUT2D eigenvalue weighted by Crippen LogP contribution is -2.61. The van der Waals surface area contributed by atoms with Crippen LogP contribution in [-0.2, 0) is 86.4 Å². The highest BCUT2D eigenvalue weighted by molar-refractivity contribution is 8.76. The zero-order valence-electron chi connectivity index (χ0n) is 57.9. The molecule has 10 atom stereocenters. The zero-order chi connectivity index (χ0) is 76.9. The third kappa shape index (κ3) is 26.3. The van der Waals surface area contributed by atoms with Crippen molar-refractivity contribution in [1.82, 2.24) is 68.4 Å². The van der Waals surface area contributed by atoms with Crippen molar-refractivity contribution in [3.63, 3.8) is 0 Å². The Morgan fingerprint density at radius 1 is 0.705 bits per heavy atom. The molecular weight excluding hydrogens is 1400 g/mol. The van der Waals surface area contributed by atoms with Gasteiger partial charge in [-0.2, -0.15) is 5.26 Å². The number of aromatic hydroxyl groups is 1. The van der Waals surface area contributed by atoms with E-state index < -0.39 is 205 Å². The molecule has 4 aromatic rings. The van der Waals surface area contributed by atoms with Gasteiger partial charge in [-0.1, -0.05) is 84.0 Å². The number of carbonyl (C=O) groups excluding carboxylic acids is 13. The third-order valence-electron chi connectivity index (χ3n) is 17.1. The van der Waals surface area contributed by atoms with Crippen LogP contribution in [0.1, 0.15) is 100 Å². The second kappa shape index (κ2) is 41.3. The van der Waals surface area contributed by atoms with Crippen molar-refractivity contribution in [2.45, 2.75) is 158 Å². The van der Waals surface area contributed by atoms with Crippen LogP contribution in [0, 0.1) is 22.7 Å². The van der Waals surface area contributed by atoms with Gasteiger partial charge in [-0.25, -0.2) is 0 Å². The maximum absolute atomic E-state index is 15.1. The van der Waals surface area contributed by atoms with Gasteiger partial charge in [0.2, 0.25) is 76.8 Å². The molecule has 105 heavy (non-hydrogen) atoms. The number of nitrogens with one attached hydrogen (secondary N) is 13. The number of H-pyrrole nitrogens is 1. The Morgan fingerprint density at radius 2 is 1.31 bits per heavy atom. The highest BCUT2D eigenvalue weighted by Gasteiger charge is 2.39. The molecule has 0 aliphatic carbocycles. The number of hydrogen-bond acceptors (Lipinski definition) is 20. The summed E-state index contributed by atoms with van der Waals surface area (Å²) in [6, 6.07) is 5.33. The number of nitrogens with zero attached hydrogens (tertiary/aromatic N) is 2. The molecule has 0 bridgehead atoms. The number of amides is 13. The van der Waals surface area contributed by atoms with Crippen molar-refractivity contribution in [2.24, 2.45) is 28.9 Å². The molecule has 2 fully saturated rings. The van der Waals surface area contributed by atoms with Gasteiger partial charge in [-0.3, -0.25) is 72.5 Å². The first-order valence-electron chi connectivity index (χ1n) is 34.0. The second-order valence-corrected chi connectivity index (χ2v) is 28.0. The van der Waals surface area contributed by atoms with Crippen LogP contribution in [0.15, 0.2) is 79.0 Å². The standard InChI is InChI=1S/C68H91N19O16S2/c1-36(2)57-67(103)83-48(30-38-9-3-4-10-39(38)32-70)63(99)79-44(13-7-26-76-68(73)74)59(95)75-27-24-54(90)78-45(19-21-53(71)89)60(96)81-49(31-40-33-77-43-12-6-5-11-42(40)43)64(100)80-46(20-22-56(92)93)61(97)84-50(58(72)94)34-104-105-35-51(65(101)86-57)85-62(98)47(29-37-15-17-41(88)18-16-37)82-66(102)52-14-8-28-87(52)55(91)23-25-69/h3-6,9-12,15-18,33,36,44-52,57,77,88H,7-8,13-14,19-31,34-35,69H2,1-2H3,(H2,71,89)(H2,72,94)(H,75,95)(H,78,90)(H,79,99)(H,80,100)(H,81,96)(H,82,102)(H,83,103)(H,84,97)(H,85,98)(H,86,101)(H,92,93)(H4,73,74,76)/t44-,45-,46-,47-,48-,49-,50+,51-,52-,57-/m0/s1. The molecule has 0 unspecified atom stereocenters. The van der Waals surface area contributed by atoms with Crippen molar-refractivity contribution < 1.29 is 77.3 Å². The summed E-state index contributed by atoms with van der Waals surface area (Å²) in [5.74, 6) is -15.6. The van der Waals surface area contributed by atoms with E-state index in [1.54, 1.807) is 56.4 Å². The van der Waals surface area contributed by atoms with Crippen LogP contribution in [0.5, 0.6) is 5.75 Å². The molecule has 0 saturated carbocycles. The zero-order valence-corrected chi connectivity index (χ0v) is 59.6. The van der Waals surface area contributed by atoms with Gasteiger partial charge in [-0.05, 0) is 85.4 Å². The average Bonchev–Trinajstić information content (AvgIpc) is 1.75. The Bertz CT molecular complexity index is 3850. The number of aliphatic carboxylic acids is 1. The number of fused-ring (bicyclic) bond motifs is 1. The number of aromatic nitrogens is 1. The van der Waals surface area contributed by atoms with Crippen molar-refractivity contribution in [2.75, 3.05) is 37.7 Å². The third-order valence-corrected chi connectivity index (χ3v) is 19.6. The summed E-state index contributed by atoms with van der Waals surface area (Å²) in [4.78, 5) is 201. The molecule has 566 valence electrons. The molecule has 1 aromatic heterocycles. The molecule has 23 N–H and O–H groups in total. The predicted molar refractivity (Wildman–Crippen MR) is 385 cm³/mol. The van der Waals surface area contributed by atoms with Crippen molar-refractivity contribution in [3.05, 3.63) is 101 Å². The van der Waals surface area contributed by atoms with Gasteiger partial charge < -0.3 is 102 Å². The van der Waals surface area contributed by atoms with E-state index >= 15 is 4.79 Å². The highest BCUT2D eigenvalue weighted by atomic mass is 33.1. The number of benzene rings is 3. The number of aromatic amines is 1. The highest BCUT2D eigenvalue weighted by Crippen LogP contribution is 2.26. The second-order valence-electron chi connectivity index (χ2n) is 25.4. The maximum atomic E-state index is 15.1. The topological polar surface area (TPSA) is 583 Å². The number of carboxylic acid groups (broad SMARTS) is 1. The van der Waals surface area contributed by atoms with E-state index in [9.17, 15) is 77.8 Å². The first-order valence-corrected chi connectivity index (χ1v) is 36.5. The Hall–Kier alpha value is -11.0. The van der Waals surface area contributed by atoms with Crippen LogP contribution in [0.25, 0.3) is 10.9 Å². The smallest absolute Gasteiger partial charge is 0.303 e. The molecule has 2 saturated heterocycles. The van der Waals surface area contributed by atoms with E-state index in [4.69, 9.17) is 28.3 Å². The number of hydrogen-bond donors (Lipinski definition) is 19. The normalized spacial score (nSPS) is 22.0. The number of nitriles is 1. The van der Waals surface area contributed by atoms with Crippen LogP contribution in [0.3, 0.4) is 0 Å². The van der Waals surface area contributed by atoms with E-state index in [1.807, 2.05) is 6.07 Å². The maximum Gasteiger partial charge on any atom is 0.303 e. The van der Waals surface area contributed by atoms with Crippen LogP contribution in [0.4, 0.5) is 0 Å². The number of rotatable bonds is 24. The fraction of sp³-hybridized carbons (Fsp3) is 0.471. The SMILES string of the molecule is CC(C)[C@@H]1NC(=O)[C@@H](NC(=O)[C@H](Cc2ccc(O)cc2)NC(=O)[C@@H]2CCCN2C(=O)CCN)CSSC[C@H](C(N)=O)NC(=O)[C@H](CCC(=O)O)NC(=O)[C@H](Cc2c[nH]c3ccccc23)NC(=O)[C@H](CCC(N)=O)NC(=O)CCNC(=O)[C@H](CCCNC(=N)N)NC(=O)[C@H](Cc2ccccc2C#N)NC1=O. The summed E-state index contributed by atoms with van der Waals surface area (Å²) in [5, 5.41) is 67.0. The summed E-state index contributed by atoms with van der Waals surface area (Å²) in [5.41, 5.74) is 24.5. The fourth-order valence-corrected chi connectivity index (χ4v) is 13.9. The number of guanidine groups is 1. The van der Waals surface area contributed by atoms with Crippen LogP contribution < -0.4 is 81.4 Å². The Balaban J connectivity index is 1.42. The van der Waals surface area contributed by atoms with Crippen molar-refractivity contribution >= 4 is 121 Å². The monoisotopic (exact) mass is 1490 g/mol. The molecule has 0 spiro atoms. The van der Waals surface area contributed by atoms with Gasteiger partial charge in [0.25, 0.3) is 0 Å². The quantitative estimate of drug-likeness (QED) is 0.0143. The molecule has 3 aromatic carbocycles. The molecule has 6 rings (SSSR count). The van der Waals surface area contributed by atoms with E-state index in [0.717, 1.165) is 21.6 Å². The number of nitrogens with two attached hydrogens (primary N) is 4. The number of carboxylic acids is 1. The number of para-hydroxylation sites is 1. The first-order chi connectivity index (χ1) is 50.0. The first kappa shape index (κ1) is 83.0. The lowest BCUT2D eigenvalue weighted by atomic mass is 9.98. The molecular formula is C68H91N19O16S2. The van der Waals surface area contributed by atoms with Gasteiger partial charge in [0.1, 0.15) is 66.2 Å². The molecule has 2 aliphatic heterocycles. The van der Waals surface area contributed by atoms with E-state index in [-0.39, 0.29) is 81.5 Å². The summed E-state index contributed by atoms with van der Waals surface area (Å²) in [6.45, 7) is 2.90. The van der Waals surface area contributed by atoms with Crippen LogP contribution >= 0.6 is 21.6 Å². The average molecular weight is 1490 g/mol. The number of likely N-dealkylation sites (tertiary alicyclic amines) is 1. The molecule has 13 amide bonds. The summed E-state index contributed by atoms with van der Waals surface area (Å²) in [6.07, 6.45) is -1.57. The fourth-order valence-electron chi connectivity index (χ4n) is 11.5. The number of carbonyl (C=O) groups is 14. The van der Waals surface area contributed by atoms with Gasteiger partial charge in [0.15, 0.2) is 5.96 Å². The largest absolute Gasteiger partial charge is 0.508 e. The predicted octanol–water partition coefficient (Wildman–Crippen LogP) is -3.09. The van der Waals surface area contributed by atoms with E-state index in [2.05, 4.69) is 63.5 Å². The summed E-state index contributed by atoms with van der Waals surface area (Å²) < 4.78 is 0.